The molecule has 0 bridgehead atoms. The van der Waals surface area contributed by atoms with Gasteiger partial charge < -0.3 is 9.64 Å². The minimum Gasteiger partial charge on any atom is -0.378 e. The van der Waals surface area contributed by atoms with E-state index in [-0.39, 0.29) is 5.91 Å². The number of thioether (sulfide) groups is 1. The first-order chi connectivity index (χ1) is 11.2. The molecule has 7 nitrogen and oxygen atoms in total. The van der Waals surface area contributed by atoms with Gasteiger partial charge in [0.25, 0.3) is 0 Å². The standard InChI is InChI=1S/C15H19N5O2S/c1-12-2-4-13(5-3-12)20-15(16-17-18-20)23-11-6-14(21)19-7-9-22-10-8-19/h2-5H,6-11H2,1H3. The summed E-state index contributed by atoms with van der Waals surface area (Å²) in [6.45, 7) is 4.67. The Bertz CT molecular complexity index is 652. The van der Waals surface area contributed by atoms with Crippen LogP contribution in [0.25, 0.3) is 5.69 Å². The summed E-state index contributed by atoms with van der Waals surface area (Å²) < 4.78 is 6.96. The van der Waals surface area contributed by atoms with Crippen molar-refractivity contribution in [3.8, 4) is 5.69 Å². The van der Waals surface area contributed by atoms with Gasteiger partial charge in [-0.15, -0.1) is 5.10 Å². The Hall–Kier alpha value is -1.93. The van der Waals surface area contributed by atoms with Crippen LogP contribution in [0.1, 0.15) is 12.0 Å². The van der Waals surface area contributed by atoms with Crippen molar-refractivity contribution in [1.29, 1.82) is 0 Å². The highest BCUT2D eigenvalue weighted by atomic mass is 32.2. The van der Waals surface area contributed by atoms with Gasteiger partial charge in [0.15, 0.2) is 0 Å². The fourth-order valence-corrected chi connectivity index (χ4v) is 3.14. The van der Waals surface area contributed by atoms with Crippen LogP contribution in [0.2, 0.25) is 0 Å². The van der Waals surface area contributed by atoms with E-state index in [0.717, 1.165) is 5.69 Å². The van der Waals surface area contributed by atoms with E-state index in [4.69, 9.17) is 4.74 Å². The maximum absolute atomic E-state index is 12.1. The van der Waals surface area contributed by atoms with Crippen molar-refractivity contribution < 1.29 is 9.53 Å². The molecule has 1 aromatic heterocycles. The van der Waals surface area contributed by atoms with E-state index >= 15 is 0 Å². The van der Waals surface area contributed by atoms with Crippen LogP contribution in [0.3, 0.4) is 0 Å². The Balaban J connectivity index is 1.56. The molecular formula is C15H19N5O2S. The number of aryl methyl sites for hydroxylation is 1. The Labute approximate surface area is 139 Å². The first kappa shape index (κ1) is 15.9. The summed E-state index contributed by atoms with van der Waals surface area (Å²) in [4.78, 5) is 14.0. The maximum Gasteiger partial charge on any atom is 0.223 e. The number of amides is 1. The molecular weight excluding hydrogens is 314 g/mol. The van der Waals surface area contributed by atoms with E-state index in [9.17, 15) is 4.79 Å². The van der Waals surface area contributed by atoms with Gasteiger partial charge in [0.1, 0.15) is 0 Å². The van der Waals surface area contributed by atoms with Crippen LogP contribution in [0.5, 0.6) is 0 Å². The average Bonchev–Trinajstić information content (AvgIpc) is 3.05. The lowest BCUT2D eigenvalue weighted by Gasteiger charge is -2.26. The second-order valence-corrected chi connectivity index (χ2v) is 6.36. The van der Waals surface area contributed by atoms with Gasteiger partial charge in [-0.1, -0.05) is 29.5 Å². The van der Waals surface area contributed by atoms with Crippen LogP contribution in [0.15, 0.2) is 29.4 Å². The fourth-order valence-electron chi connectivity index (χ4n) is 2.32. The van der Waals surface area contributed by atoms with Gasteiger partial charge in [0.05, 0.1) is 18.9 Å². The zero-order valence-electron chi connectivity index (χ0n) is 13.0. The van der Waals surface area contributed by atoms with Crippen molar-refractivity contribution in [3.05, 3.63) is 29.8 Å². The van der Waals surface area contributed by atoms with Crippen molar-refractivity contribution in [3.63, 3.8) is 0 Å². The zero-order chi connectivity index (χ0) is 16.1. The molecule has 0 unspecified atom stereocenters. The molecule has 3 rings (SSSR count). The van der Waals surface area contributed by atoms with Crippen LogP contribution in [-0.4, -0.2) is 63.1 Å². The van der Waals surface area contributed by atoms with Gasteiger partial charge in [-0.25, -0.2) is 0 Å². The third-order valence-electron chi connectivity index (χ3n) is 3.63. The van der Waals surface area contributed by atoms with E-state index in [1.165, 1.54) is 17.3 Å². The van der Waals surface area contributed by atoms with Gasteiger partial charge in [-0.05, 0) is 29.5 Å². The Morgan fingerprint density at radius 1 is 1.26 bits per heavy atom. The summed E-state index contributed by atoms with van der Waals surface area (Å²) in [5.74, 6) is 0.817. The molecule has 2 heterocycles. The van der Waals surface area contributed by atoms with Crippen molar-refractivity contribution in [2.75, 3.05) is 32.1 Å². The molecule has 1 amide bonds. The molecule has 1 aromatic carbocycles. The molecule has 0 atom stereocenters. The average molecular weight is 333 g/mol. The Morgan fingerprint density at radius 3 is 2.74 bits per heavy atom. The molecule has 0 N–H and O–H groups in total. The number of nitrogens with zero attached hydrogens (tertiary/aromatic N) is 5. The number of ether oxygens (including phenoxy) is 1. The van der Waals surface area contributed by atoms with Crippen molar-refractivity contribution in [2.24, 2.45) is 0 Å². The molecule has 0 saturated carbocycles. The van der Waals surface area contributed by atoms with Crippen LogP contribution in [0.4, 0.5) is 0 Å². The Kier molecular flexibility index (Phi) is 5.24. The second kappa shape index (κ2) is 7.56. The smallest absolute Gasteiger partial charge is 0.223 e. The number of hydrogen-bond donors (Lipinski definition) is 0. The predicted octanol–water partition coefficient (Wildman–Crippen LogP) is 1.31. The number of carbonyl (C=O) groups is 1. The lowest BCUT2D eigenvalue weighted by atomic mass is 10.2. The summed E-state index contributed by atoms with van der Waals surface area (Å²) in [6.07, 6.45) is 0.478. The van der Waals surface area contributed by atoms with Crippen LogP contribution < -0.4 is 0 Å². The van der Waals surface area contributed by atoms with E-state index < -0.39 is 0 Å². The minimum absolute atomic E-state index is 0.162. The molecule has 1 aliphatic rings. The third-order valence-corrected chi connectivity index (χ3v) is 4.55. The molecule has 8 heteroatoms. The van der Waals surface area contributed by atoms with Crippen molar-refractivity contribution in [1.82, 2.24) is 25.1 Å². The summed E-state index contributed by atoms with van der Waals surface area (Å²) in [7, 11) is 0. The quantitative estimate of drug-likeness (QED) is 0.768. The number of aromatic nitrogens is 4. The lowest BCUT2D eigenvalue weighted by molar-refractivity contribution is -0.134. The van der Waals surface area contributed by atoms with Gasteiger partial charge >= 0.3 is 0 Å². The second-order valence-electron chi connectivity index (χ2n) is 5.30. The van der Waals surface area contributed by atoms with E-state index in [0.29, 0.717) is 43.6 Å². The lowest BCUT2D eigenvalue weighted by Crippen LogP contribution is -2.40. The molecule has 122 valence electrons. The molecule has 23 heavy (non-hydrogen) atoms. The zero-order valence-corrected chi connectivity index (χ0v) is 13.8. The summed E-state index contributed by atoms with van der Waals surface area (Å²) in [5, 5.41) is 12.5. The molecule has 0 spiro atoms. The number of morpholine rings is 1. The van der Waals surface area contributed by atoms with Gasteiger partial charge in [0.2, 0.25) is 11.1 Å². The fraction of sp³-hybridized carbons (Fsp3) is 0.467. The molecule has 1 fully saturated rings. The molecule has 2 aromatic rings. The minimum atomic E-state index is 0.162. The van der Waals surface area contributed by atoms with Gasteiger partial charge in [-0.2, -0.15) is 4.68 Å². The third kappa shape index (κ3) is 4.08. The monoisotopic (exact) mass is 333 g/mol. The molecule has 0 radical (unpaired) electrons. The van der Waals surface area contributed by atoms with E-state index in [1.807, 2.05) is 36.1 Å². The SMILES string of the molecule is Cc1ccc(-n2nnnc2SCCC(=O)N2CCOCC2)cc1. The first-order valence-electron chi connectivity index (χ1n) is 7.58. The van der Waals surface area contributed by atoms with Gasteiger partial charge in [0, 0.05) is 25.3 Å². The summed E-state index contributed by atoms with van der Waals surface area (Å²) >= 11 is 1.49. The molecule has 1 aliphatic heterocycles. The summed E-state index contributed by atoms with van der Waals surface area (Å²) in [5.41, 5.74) is 2.11. The normalized spacial score (nSPS) is 14.9. The molecule has 0 aliphatic carbocycles. The number of carbonyl (C=O) groups excluding carboxylic acids is 1. The Morgan fingerprint density at radius 2 is 2.00 bits per heavy atom. The number of hydrogen-bond acceptors (Lipinski definition) is 6. The van der Waals surface area contributed by atoms with Crippen LogP contribution >= 0.6 is 11.8 Å². The molecule has 1 saturated heterocycles. The highest BCUT2D eigenvalue weighted by Crippen LogP contribution is 2.19. The predicted molar refractivity (Wildman–Crippen MR) is 86.6 cm³/mol. The van der Waals surface area contributed by atoms with Crippen molar-refractivity contribution >= 4 is 17.7 Å². The van der Waals surface area contributed by atoms with E-state index in [2.05, 4.69) is 15.5 Å². The largest absolute Gasteiger partial charge is 0.378 e. The summed E-state index contributed by atoms with van der Waals surface area (Å²) in [6, 6.07) is 8.00. The maximum atomic E-state index is 12.1. The highest BCUT2D eigenvalue weighted by molar-refractivity contribution is 7.99. The highest BCUT2D eigenvalue weighted by Gasteiger charge is 2.17. The van der Waals surface area contributed by atoms with E-state index in [1.54, 1.807) is 4.68 Å². The van der Waals surface area contributed by atoms with Crippen molar-refractivity contribution in [2.45, 2.75) is 18.5 Å². The number of tetrazole rings is 1. The topological polar surface area (TPSA) is 73.1 Å². The van der Waals surface area contributed by atoms with Crippen LogP contribution in [-0.2, 0) is 9.53 Å². The first-order valence-corrected chi connectivity index (χ1v) is 8.56. The van der Waals surface area contributed by atoms with Crippen LogP contribution in [0, 0.1) is 6.92 Å². The number of rotatable bonds is 5. The number of benzene rings is 1. The van der Waals surface area contributed by atoms with Gasteiger partial charge in [-0.3, -0.25) is 4.79 Å².